The van der Waals surface area contributed by atoms with Gasteiger partial charge in [0.25, 0.3) is 17.7 Å². The van der Waals surface area contributed by atoms with Crippen LogP contribution in [0.1, 0.15) is 76.8 Å². The van der Waals surface area contributed by atoms with Crippen molar-refractivity contribution in [1.29, 1.82) is 0 Å². The van der Waals surface area contributed by atoms with Gasteiger partial charge in [-0.05, 0) is 90.4 Å². The van der Waals surface area contributed by atoms with Crippen LogP contribution in [0.15, 0.2) is 41.9 Å². The SMILES string of the molecule is CCn1c(-c2cccnc2[C@H](C)OC)c2c3cc(ccc31)-c1csc(n1)C[C@H](NC(=O)[C@@H](COC1CN(C(=O)C#CC(C)(C)N(C)C)C1)OC)C(=O)N1CCC[C@@](O)(N1)C(=O)OCC(C)(C)C2. The largest absolute Gasteiger partial charge is 0.462 e. The summed E-state index contributed by atoms with van der Waals surface area (Å²) < 4.78 is 25.6. The topological polar surface area (TPSA) is 190 Å². The fourth-order valence-electron chi connectivity index (χ4n) is 8.45. The Labute approximate surface area is 396 Å². The second-order valence-electron chi connectivity index (χ2n) is 19.1. The first kappa shape index (κ1) is 49.6. The molecule has 17 nitrogen and oxygen atoms in total. The average molecular weight is 941 g/mol. The lowest BCUT2D eigenvalue weighted by Crippen LogP contribution is -2.67. The number of carbonyl (C=O) groups is 4. The number of fused-ring (bicyclic) bond motifs is 6. The molecule has 2 fully saturated rings. The number of nitrogens with one attached hydrogen (secondary N) is 2. The van der Waals surface area contributed by atoms with Gasteiger partial charge >= 0.3 is 5.97 Å². The number of rotatable bonds is 11. The number of cyclic esters (lactones) is 1. The molecule has 7 rings (SSSR count). The van der Waals surface area contributed by atoms with Crippen LogP contribution in [-0.4, -0.2) is 149 Å². The Kier molecular flexibility index (Phi) is 14.9. The van der Waals surface area contributed by atoms with Gasteiger partial charge in [0.1, 0.15) is 6.04 Å². The molecule has 360 valence electrons. The number of likely N-dealkylation sites (tertiary alicyclic amines) is 1. The molecular formula is C49H64N8O9S. The van der Waals surface area contributed by atoms with Crippen molar-refractivity contribution in [3.8, 4) is 34.4 Å². The Balaban J connectivity index is 1.19. The molecule has 4 aromatic rings. The lowest BCUT2D eigenvalue weighted by Gasteiger charge is -2.40. The summed E-state index contributed by atoms with van der Waals surface area (Å²) in [4.78, 5) is 68.3. The summed E-state index contributed by atoms with van der Waals surface area (Å²) in [5.41, 5.74) is 5.78. The molecule has 3 aliphatic rings. The number of aryl methyl sites for hydroxylation is 1. The van der Waals surface area contributed by atoms with E-state index in [0.29, 0.717) is 36.8 Å². The lowest BCUT2D eigenvalue weighted by molar-refractivity contribution is -0.189. The molecule has 6 bridgehead atoms. The maximum atomic E-state index is 14.5. The van der Waals surface area contributed by atoms with E-state index in [9.17, 15) is 24.3 Å². The number of hydrogen-bond donors (Lipinski definition) is 3. The highest BCUT2D eigenvalue weighted by atomic mass is 32.1. The van der Waals surface area contributed by atoms with Crippen molar-refractivity contribution >= 4 is 45.9 Å². The number of pyridine rings is 1. The van der Waals surface area contributed by atoms with E-state index >= 15 is 0 Å². The first-order chi connectivity index (χ1) is 31.8. The lowest BCUT2D eigenvalue weighted by atomic mass is 9.84. The fraction of sp³-hybridized carbons (Fsp3) is 0.551. The molecule has 2 saturated heterocycles. The third-order valence-electron chi connectivity index (χ3n) is 13.0. The van der Waals surface area contributed by atoms with Gasteiger partial charge in [-0.2, -0.15) is 5.43 Å². The number of ether oxygens (including phenoxy) is 4. The van der Waals surface area contributed by atoms with Crippen molar-refractivity contribution in [2.75, 3.05) is 61.2 Å². The first-order valence-corrected chi connectivity index (χ1v) is 23.7. The van der Waals surface area contributed by atoms with Gasteiger partial charge < -0.3 is 38.8 Å². The van der Waals surface area contributed by atoms with E-state index in [1.165, 1.54) is 23.5 Å². The quantitative estimate of drug-likeness (QED) is 0.144. The predicted molar refractivity (Wildman–Crippen MR) is 253 cm³/mol. The van der Waals surface area contributed by atoms with Crippen LogP contribution in [0.2, 0.25) is 0 Å². The summed E-state index contributed by atoms with van der Waals surface area (Å²) in [5, 5.41) is 19.3. The average Bonchev–Trinajstić information content (AvgIpc) is 3.88. The molecule has 0 unspecified atom stereocenters. The zero-order valence-corrected chi connectivity index (χ0v) is 41.0. The molecule has 0 aliphatic carbocycles. The summed E-state index contributed by atoms with van der Waals surface area (Å²) in [6.45, 7) is 13.2. The predicted octanol–water partition coefficient (Wildman–Crippen LogP) is 4.11. The number of esters is 1. The van der Waals surface area contributed by atoms with Crippen LogP contribution < -0.4 is 10.7 Å². The van der Waals surface area contributed by atoms with Crippen LogP contribution in [0, 0.1) is 17.3 Å². The number of benzene rings is 1. The van der Waals surface area contributed by atoms with Crippen molar-refractivity contribution in [3.63, 3.8) is 0 Å². The number of methoxy groups -OCH3 is 2. The minimum absolute atomic E-state index is 0.00153. The van der Waals surface area contributed by atoms with Gasteiger partial charge in [-0.3, -0.25) is 29.3 Å². The maximum Gasteiger partial charge on any atom is 0.355 e. The van der Waals surface area contributed by atoms with E-state index in [1.807, 2.05) is 71.1 Å². The Hall–Kier alpha value is -5.26. The van der Waals surface area contributed by atoms with E-state index in [1.54, 1.807) is 18.2 Å². The molecule has 0 spiro atoms. The van der Waals surface area contributed by atoms with Crippen molar-refractivity contribution < 1.29 is 43.2 Å². The Morgan fingerprint density at radius 2 is 1.93 bits per heavy atom. The molecule has 3 N–H and O–H groups in total. The molecular weight excluding hydrogens is 877 g/mol. The zero-order valence-electron chi connectivity index (χ0n) is 40.2. The number of nitrogens with zero attached hydrogens (tertiary/aromatic N) is 6. The molecule has 18 heteroatoms. The number of aliphatic hydroxyl groups is 1. The first-order valence-electron chi connectivity index (χ1n) is 22.8. The van der Waals surface area contributed by atoms with Crippen molar-refractivity contribution in [3.05, 3.63) is 58.2 Å². The zero-order chi connectivity index (χ0) is 48.4. The standard InChI is InChI=1S/C49H64N8O9S/c1-11-56-38-16-15-31-22-34(38)35(43(56)33-14-12-20-50-42(33)30(2)63-9)24-47(3,4)29-66-46(61)49(62)18-13-21-57(53-49)45(60)36(23-40-51-37(31)28-67-40)52-44(59)39(64-10)27-65-32-25-55(26-32)41(58)17-19-48(5,6)54(7)8/h12,14-16,20,22,28,30,32,36,39,53,62H,11,13,18,21,23-27,29H2,1-10H3,(H,52,59)/t30-,36-,39+,49-/m0/s1. The van der Waals surface area contributed by atoms with Gasteiger partial charge in [0.15, 0.2) is 6.10 Å². The Morgan fingerprint density at radius 1 is 1.16 bits per heavy atom. The third kappa shape index (κ3) is 10.7. The summed E-state index contributed by atoms with van der Waals surface area (Å²) in [6.07, 6.45) is 0.805. The summed E-state index contributed by atoms with van der Waals surface area (Å²) in [5.74, 6) is 3.32. The Morgan fingerprint density at radius 3 is 2.63 bits per heavy atom. The van der Waals surface area contributed by atoms with Crippen molar-refractivity contribution in [1.82, 2.24) is 40.1 Å². The minimum Gasteiger partial charge on any atom is -0.462 e. The summed E-state index contributed by atoms with van der Waals surface area (Å²) in [7, 11) is 6.83. The van der Waals surface area contributed by atoms with Gasteiger partial charge in [0.2, 0.25) is 5.72 Å². The van der Waals surface area contributed by atoms with E-state index in [-0.39, 0.29) is 57.1 Å². The second kappa shape index (κ2) is 20.1. The summed E-state index contributed by atoms with van der Waals surface area (Å²) in [6, 6.07) is 9.06. The fourth-order valence-corrected chi connectivity index (χ4v) is 9.30. The van der Waals surface area contributed by atoms with Crippen LogP contribution >= 0.6 is 11.3 Å². The molecule has 6 heterocycles. The molecule has 1 aromatic carbocycles. The van der Waals surface area contributed by atoms with Crippen LogP contribution in [0.3, 0.4) is 0 Å². The molecule has 3 aromatic heterocycles. The second-order valence-corrected chi connectivity index (χ2v) is 20.0. The third-order valence-corrected chi connectivity index (χ3v) is 13.9. The Bertz CT molecular complexity index is 2550. The number of thiazole rings is 1. The van der Waals surface area contributed by atoms with Crippen LogP contribution in [-0.2, 0) is 57.5 Å². The number of hydrogen-bond acceptors (Lipinski definition) is 14. The van der Waals surface area contributed by atoms with Gasteiger partial charge in [-0.25, -0.2) is 9.78 Å². The van der Waals surface area contributed by atoms with Crippen LogP contribution in [0.25, 0.3) is 33.4 Å². The summed E-state index contributed by atoms with van der Waals surface area (Å²) >= 11 is 1.36. The van der Waals surface area contributed by atoms with E-state index in [0.717, 1.165) is 39.0 Å². The van der Waals surface area contributed by atoms with Crippen LogP contribution in [0.5, 0.6) is 0 Å². The number of hydrazine groups is 1. The normalized spacial score (nSPS) is 21.2. The monoisotopic (exact) mass is 940 g/mol. The molecule has 67 heavy (non-hydrogen) atoms. The highest BCUT2D eigenvalue weighted by Crippen LogP contribution is 2.42. The number of aromatic nitrogens is 3. The smallest absolute Gasteiger partial charge is 0.355 e. The molecule has 3 amide bonds. The van der Waals surface area contributed by atoms with E-state index < -0.39 is 46.6 Å². The highest BCUT2D eigenvalue weighted by molar-refractivity contribution is 7.10. The minimum atomic E-state index is -2.22. The van der Waals surface area contributed by atoms with Crippen molar-refractivity contribution in [2.45, 2.75) is 109 Å². The van der Waals surface area contributed by atoms with Gasteiger partial charge in [-0.1, -0.05) is 25.8 Å². The van der Waals surface area contributed by atoms with Gasteiger partial charge in [-0.15, -0.1) is 11.3 Å². The number of amides is 3. The molecule has 0 saturated carbocycles. The highest BCUT2D eigenvalue weighted by Gasteiger charge is 2.45. The maximum absolute atomic E-state index is 14.5. The van der Waals surface area contributed by atoms with Gasteiger partial charge in [0.05, 0.1) is 53.1 Å². The van der Waals surface area contributed by atoms with Crippen LogP contribution in [0.4, 0.5) is 0 Å². The molecule has 4 atom stereocenters. The van der Waals surface area contributed by atoms with Gasteiger partial charge in [0, 0.05) is 92.3 Å². The molecule has 3 aliphatic heterocycles. The number of carbonyl (C=O) groups excluding carboxylic acids is 4. The molecule has 0 radical (unpaired) electrons. The van der Waals surface area contributed by atoms with E-state index in [2.05, 4.69) is 52.3 Å². The van der Waals surface area contributed by atoms with Crippen molar-refractivity contribution in [2.24, 2.45) is 5.41 Å². The van der Waals surface area contributed by atoms with E-state index in [4.69, 9.17) is 28.9 Å².